The summed E-state index contributed by atoms with van der Waals surface area (Å²) in [7, 11) is 0. The van der Waals surface area contributed by atoms with Gasteiger partial charge < -0.3 is 14.9 Å². The second-order valence-electron chi connectivity index (χ2n) is 7.26. The largest absolute Gasteiger partial charge is 0.508 e. The zero-order valence-corrected chi connectivity index (χ0v) is 16.5. The fourth-order valence-electron chi connectivity index (χ4n) is 3.23. The van der Waals surface area contributed by atoms with Gasteiger partial charge in [0.1, 0.15) is 11.5 Å². The molecule has 0 amide bonds. The fourth-order valence-corrected chi connectivity index (χ4v) is 3.23. The summed E-state index contributed by atoms with van der Waals surface area (Å²) in [5, 5.41) is 19.9. The standard InChI is InChI=1S/C22H36O4/c1-3-4-5-6-7-8-9-10-11-12-13-20(24)14-19-15-21(25)17-22(16-19)26-18(2)23/h15-17,20,24-25H,3-14H2,1-2H3/t20-/m0/s1. The van der Waals surface area contributed by atoms with Crippen LogP contribution in [0.15, 0.2) is 18.2 Å². The first kappa shape index (κ1) is 22.5. The third-order valence-electron chi connectivity index (χ3n) is 4.57. The summed E-state index contributed by atoms with van der Waals surface area (Å²) < 4.78 is 5.00. The normalized spacial score (nSPS) is 12.1. The van der Waals surface area contributed by atoms with Gasteiger partial charge in [-0.05, 0) is 30.5 Å². The van der Waals surface area contributed by atoms with Crippen LogP contribution in [-0.4, -0.2) is 22.3 Å². The third-order valence-corrected chi connectivity index (χ3v) is 4.57. The minimum atomic E-state index is -0.434. The molecule has 2 N–H and O–H groups in total. The van der Waals surface area contributed by atoms with Crippen molar-refractivity contribution in [3.05, 3.63) is 23.8 Å². The molecule has 0 spiro atoms. The number of ether oxygens (including phenoxy) is 1. The summed E-state index contributed by atoms with van der Waals surface area (Å²) in [6, 6.07) is 4.71. The van der Waals surface area contributed by atoms with Crippen molar-refractivity contribution in [3.63, 3.8) is 0 Å². The number of carbonyl (C=O) groups excluding carboxylic acids is 1. The van der Waals surface area contributed by atoms with Crippen molar-refractivity contribution in [1.29, 1.82) is 0 Å². The molecule has 4 nitrogen and oxygen atoms in total. The van der Waals surface area contributed by atoms with Gasteiger partial charge in [0, 0.05) is 13.0 Å². The number of aliphatic hydroxyl groups excluding tert-OH is 1. The Morgan fingerprint density at radius 3 is 2.12 bits per heavy atom. The van der Waals surface area contributed by atoms with Crippen LogP contribution < -0.4 is 4.74 Å². The summed E-state index contributed by atoms with van der Waals surface area (Å²) >= 11 is 0. The summed E-state index contributed by atoms with van der Waals surface area (Å²) in [5.74, 6) is -0.0593. The monoisotopic (exact) mass is 364 g/mol. The number of hydrogen-bond donors (Lipinski definition) is 2. The SMILES string of the molecule is CCCCCCCCCCCC[C@H](O)Cc1cc(O)cc(OC(C)=O)c1. The molecule has 0 aromatic heterocycles. The highest BCUT2D eigenvalue weighted by Gasteiger charge is 2.09. The first-order valence-electron chi connectivity index (χ1n) is 10.2. The number of carbonyl (C=O) groups is 1. The molecule has 0 heterocycles. The number of rotatable bonds is 14. The van der Waals surface area contributed by atoms with E-state index in [1.54, 1.807) is 12.1 Å². The zero-order chi connectivity index (χ0) is 19.2. The van der Waals surface area contributed by atoms with Crippen LogP contribution in [0.25, 0.3) is 0 Å². The predicted octanol–water partition coefficient (Wildman–Crippen LogP) is 5.53. The van der Waals surface area contributed by atoms with Crippen LogP contribution in [0.1, 0.15) is 90.0 Å². The molecule has 0 saturated carbocycles. The highest BCUT2D eigenvalue weighted by atomic mass is 16.5. The maximum Gasteiger partial charge on any atom is 0.308 e. The van der Waals surface area contributed by atoms with Crippen molar-refractivity contribution in [2.24, 2.45) is 0 Å². The molecule has 1 rings (SSSR count). The van der Waals surface area contributed by atoms with Gasteiger partial charge >= 0.3 is 5.97 Å². The van der Waals surface area contributed by atoms with E-state index in [-0.39, 0.29) is 5.75 Å². The first-order chi connectivity index (χ1) is 12.5. The van der Waals surface area contributed by atoms with E-state index in [9.17, 15) is 15.0 Å². The molecule has 1 aromatic rings. The van der Waals surface area contributed by atoms with Crippen molar-refractivity contribution < 1.29 is 19.7 Å². The van der Waals surface area contributed by atoms with Crippen LogP contribution in [0.2, 0.25) is 0 Å². The molecular weight excluding hydrogens is 328 g/mol. The smallest absolute Gasteiger partial charge is 0.308 e. The van der Waals surface area contributed by atoms with E-state index < -0.39 is 12.1 Å². The van der Waals surface area contributed by atoms with Crippen molar-refractivity contribution >= 4 is 5.97 Å². The maximum absolute atomic E-state index is 11.0. The molecule has 26 heavy (non-hydrogen) atoms. The third kappa shape index (κ3) is 11.1. The molecule has 1 aromatic carbocycles. The number of unbranched alkanes of at least 4 members (excludes halogenated alkanes) is 9. The predicted molar refractivity (Wildman–Crippen MR) is 106 cm³/mol. The van der Waals surface area contributed by atoms with Gasteiger partial charge in [0.15, 0.2) is 0 Å². The van der Waals surface area contributed by atoms with Crippen LogP contribution in [-0.2, 0) is 11.2 Å². The van der Waals surface area contributed by atoms with Crippen LogP contribution in [0, 0.1) is 0 Å². The van der Waals surface area contributed by atoms with Gasteiger partial charge in [0.05, 0.1) is 6.10 Å². The Bertz CT molecular complexity index is 513. The molecule has 148 valence electrons. The van der Waals surface area contributed by atoms with Crippen molar-refractivity contribution in [2.45, 2.75) is 97.0 Å². The maximum atomic E-state index is 11.0. The average molecular weight is 365 g/mol. The lowest BCUT2D eigenvalue weighted by molar-refractivity contribution is -0.131. The van der Waals surface area contributed by atoms with Gasteiger partial charge in [0.25, 0.3) is 0 Å². The average Bonchev–Trinajstić information content (AvgIpc) is 2.55. The van der Waals surface area contributed by atoms with Gasteiger partial charge in [0.2, 0.25) is 0 Å². The van der Waals surface area contributed by atoms with E-state index in [2.05, 4.69) is 6.92 Å². The van der Waals surface area contributed by atoms with E-state index in [0.29, 0.717) is 12.2 Å². The van der Waals surface area contributed by atoms with Crippen LogP contribution >= 0.6 is 0 Å². The topological polar surface area (TPSA) is 66.8 Å². The Hall–Kier alpha value is -1.55. The van der Waals surface area contributed by atoms with Crippen molar-refractivity contribution in [1.82, 2.24) is 0 Å². The zero-order valence-electron chi connectivity index (χ0n) is 16.5. The van der Waals surface area contributed by atoms with Crippen molar-refractivity contribution in [2.75, 3.05) is 0 Å². The van der Waals surface area contributed by atoms with E-state index in [4.69, 9.17) is 4.74 Å². The number of hydrogen-bond acceptors (Lipinski definition) is 4. The second kappa shape index (κ2) is 13.6. The molecule has 0 unspecified atom stereocenters. The van der Waals surface area contributed by atoms with Gasteiger partial charge in [-0.2, -0.15) is 0 Å². The highest BCUT2D eigenvalue weighted by Crippen LogP contribution is 2.23. The van der Waals surface area contributed by atoms with E-state index >= 15 is 0 Å². The van der Waals surface area contributed by atoms with Gasteiger partial charge in [-0.3, -0.25) is 4.79 Å². The quantitative estimate of drug-likeness (QED) is 0.259. The molecule has 0 bridgehead atoms. The van der Waals surface area contributed by atoms with Crippen LogP contribution in [0.4, 0.5) is 0 Å². The Morgan fingerprint density at radius 2 is 1.54 bits per heavy atom. The van der Waals surface area contributed by atoms with Crippen LogP contribution in [0.5, 0.6) is 11.5 Å². The number of aromatic hydroxyl groups is 1. The van der Waals surface area contributed by atoms with Crippen LogP contribution in [0.3, 0.4) is 0 Å². The Morgan fingerprint density at radius 1 is 0.962 bits per heavy atom. The number of phenols is 1. The number of phenolic OH excluding ortho intramolecular Hbond substituents is 1. The van der Waals surface area contributed by atoms with E-state index in [0.717, 1.165) is 24.8 Å². The number of aliphatic hydroxyl groups is 1. The summed E-state index contributed by atoms with van der Waals surface area (Å²) in [6.45, 7) is 3.57. The molecule has 4 heteroatoms. The lowest BCUT2D eigenvalue weighted by Crippen LogP contribution is -2.10. The van der Waals surface area contributed by atoms with E-state index in [1.807, 2.05) is 0 Å². The molecule has 1 atom stereocenters. The molecule has 0 aliphatic rings. The Labute approximate surface area is 158 Å². The van der Waals surface area contributed by atoms with Gasteiger partial charge in [-0.15, -0.1) is 0 Å². The summed E-state index contributed by atoms with van der Waals surface area (Å²) in [5.41, 5.74) is 0.779. The summed E-state index contributed by atoms with van der Waals surface area (Å²) in [4.78, 5) is 11.0. The lowest BCUT2D eigenvalue weighted by atomic mass is 10.0. The van der Waals surface area contributed by atoms with Gasteiger partial charge in [-0.25, -0.2) is 0 Å². The highest BCUT2D eigenvalue weighted by molar-refractivity contribution is 5.69. The molecule has 0 radical (unpaired) electrons. The fraction of sp³-hybridized carbons (Fsp3) is 0.682. The van der Waals surface area contributed by atoms with E-state index in [1.165, 1.54) is 64.4 Å². The lowest BCUT2D eigenvalue weighted by Gasteiger charge is -2.12. The second-order valence-corrected chi connectivity index (χ2v) is 7.26. The molecule has 0 aliphatic carbocycles. The minimum Gasteiger partial charge on any atom is -0.508 e. The number of esters is 1. The summed E-state index contributed by atoms with van der Waals surface area (Å²) in [6.07, 6.45) is 13.6. The minimum absolute atomic E-state index is 0.0462. The number of benzene rings is 1. The van der Waals surface area contributed by atoms with Crippen molar-refractivity contribution in [3.8, 4) is 11.5 Å². The Balaban J connectivity index is 2.15. The van der Waals surface area contributed by atoms with Gasteiger partial charge in [-0.1, -0.05) is 71.1 Å². The molecule has 0 aliphatic heterocycles. The Kier molecular flexibility index (Phi) is 11.8. The molecule has 0 saturated heterocycles. The first-order valence-corrected chi connectivity index (χ1v) is 10.2. The molecule has 0 fully saturated rings. The molecular formula is C22H36O4.